The van der Waals surface area contributed by atoms with E-state index in [0.29, 0.717) is 30.0 Å². The number of nitrogens with zero attached hydrogens (tertiary/aromatic N) is 3. The number of likely N-dealkylation sites (tertiary alicyclic amines) is 1. The van der Waals surface area contributed by atoms with Crippen molar-refractivity contribution >= 4 is 34.4 Å². The number of ketones is 1. The molecule has 0 spiro atoms. The number of hydrogen-bond acceptors (Lipinski definition) is 5. The third-order valence-electron chi connectivity index (χ3n) is 8.34. The first kappa shape index (κ1) is 25.3. The van der Waals surface area contributed by atoms with Crippen LogP contribution in [-0.4, -0.2) is 53.9 Å². The van der Waals surface area contributed by atoms with E-state index in [9.17, 15) is 14.4 Å². The summed E-state index contributed by atoms with van der Waals surface area (Å²) in [5, 5.41) is 0.140. The molecule has 2 unspecified atom stereocenters. The summed E-state index contributed by atoms with van der Waals surface area (Å²) in [6.07, 6.45) is 8.41. The number of piperidine rings is 1. The number of hydrogen-bond donors (Lipinski definition) is 0. The number of pyridine rings is 1. The van der Waals surface area contributed by atoms with Gasteiger partial charge in [0.25, 0.3) is 0 Å². The van der Waals surface area contributed by atoms with Crippen molar-refractivity contribution in [3.05, 3.63) is 75.8 Å². The molecule has 2 saturated heterocycles. The highest BCUT2D eigenvalue weighted by atomic mass is 19.1. The molecule has 39 heavy (non-hydrogen) atoms. The number of aromatic nitrogens is 1. The quantitative estimate of drug-likeness (QED) is 0.338. The fourth-order valence-electron chi connectivity index (χ4n) is 6.33. The third-order valence-corrected chi connectivity index (χ3v) is 8.34. The van der Waals surface area contributed by atoms with Gasteiger partial charge in [0, 0.05) is 38.8 Å². The lowest BCUT2D eigenvalue weighted by molar-refractivity contribution is -0.132. The van der Waals surface area contributed by atoms with Gasteiger partial charge in [0.05, 0.1) is 29.6 Å². The van der Waals surface area contributed by atoms with Crippen LogP contribution in [0.25, 0.3) is 17.0 Å². The van der Waals surface area contributed by atoms with Crippen LogP contribution in [-0.2, 0) is 4.79 Å². The van der Waals surface area contributed by atoms with Crippen LogP contribution in [0, 0.1) is 11.7 Å². The lowest BCUT2D eigenvalue weighted by Crippen LogP contribution is -2.47. The summed E-state index contributed by atoms with van der Waals surface area (Å²) in [6.45, 7) is 3.43. The zero-order valence-corrected chi connectivity index (χ0v) is 22.2. The fourth-order valence-corrected chi connectivity index (χ4v) is 6.33. The lowest BCUT2D eigenvalue weighted by Gasteiger charge is -2.36. The molecule has 1 saturated carbocycles. The first-order valence-corrected chi connectivity index (χ1v) is 13.6. The Bertz CT molecular complexity index is 1540. The van der Waals surface area contributed by atoms with Crippen molar-refractivity contribution in [2.24, 2.45) is 5.92 Å². The Morgan fingerprint density at radius 1 is 1.10 bits per heavy atom. The molecule has 2 atom stereocenters. The minimum atomic E-state index is -0.559. The van der Waals surface area contributed by atoms with Crippen molar-refractivity contribution in [3.63, 3.8) is 0 Å². The van der Waals surface area contributed by atoms with E-state index in [1.807, 2.05) is 44.7 Å². The smallest absolute Gasteiger partial charge is 0.219 e. The van der Waals surface area contributed by atoms with Gasteiger partial charge in [-0.25, -0.2) is 4.39 Å². The van der Waals surface area contributed by atoms with Gasteiger partial charge in [-0.05, 0) is 49.3 Å². The van der Waals surface area contributed by atoms with Gasteiger partial charge in [-0.2, -0.15) is 0 Å². The van der Waals surface area contributed by atoms with Crippen molar-refractivity contribution in [2.75, 3.05) is 31.6 Å². The molecule has 0 N–H and O–H groups in total. The van der Waals surface area contributed by atoms with Gasteiger partial charge in [-0.3, -0.25) is 14.4 Å². The van der Waals surface area contributed by atoms with Crippen LogP contribution in [0.3, 0.4) is 0 Å². The molecule has 3 heterocycles. The third kappa shape index (κ3) is 4.51. The molecule has 6 rings (SSSR count). The Morgan fingerprint density at radius 3 is 2.56 bits per heavy atom. The second kappa shape index (κ2) is 9.98. The van der Waals surface area contributed by atoms with Gasteiger partial charge in [-0.15, -0.1) is 0 Å². The molecule has 8 heteroatoms. The van der Waals surface area contributed by atoms with E-state index in [0.717, 1.165) is 37.8 Å². The van der Waals surface area contributed by atoms with Crippen molar-refractivity contribution in [2.45, 2.75) is 44.7 Å². The van der Waals surface area contributed by atoms with Crippen molar-refractivity contribution < 1.29 is 18.7 Å². The Labute approximate surface area is 226 Å². The summed E-state index contributed by atoms with van der Waals surface area (Å²) in [4.78, 5) is 42.9. The summed E-state index contributed by atoms with van der Waals surface area (Å²) in [6, 6.07) is 10.8. The second-order valence-electron chi connectivity index (χ2n) is 10.8. The van der Waals surface area contributed by atoms with E-state index in [-0.39, 0.29) is 34.9 Å². The maximum Gasteiger partial charge on any atom is 0.219 e. The normalized spacial score (nSPS) is 21.0. The maximum absolute atomic E-state index is 15.9. The van der Waals surface area contributed by atoms with Gasteiger partial charge in [-0.1, -0.05) is 36.4 Å². The van der Waals surface area contributed by atoms with E-state index in [1.54, 1.807) is 19.2 Å². The van der Waals surface area contributed by atoms with E-state index in [1.165, 1.54) is 19.3 Å². The van der Waals surface area contributed by atoms with Crippen LogP contribution >= 0.6 is 0 Å². The maximum atomic E-state index is 15.9. The summed E-state index contributed by atoms with van der Waals surface area (Å²) < 4.78 is 23.7. The predicted octanol–water partition coefficient (Wildman–Crippen LogP) is 4.83. The zero-order chi connectivity index (χ0) is 27.3. The zero-order valence-electron chi connectivity index (χ0n) is 22.2. The Balaban J connectivity index is 1.45. The summed E-state index contributed by atoms with van der Waals surface area (Å²) in [5.41, 5.74) is 1.19. The van der Waals surface area contributed by atoms with Gasteiger partial charge in [0.2, 0.25) is 11.3 Å². The SMILES string of the molecule is COc1c(N2CC3CCCN(C(C)=O)C3C2)c(F)cc2c(=O)c(C(=O)C=Cc3ccccc3)cn(C3CC3)c12. The number of anilines is 1. The highest BCUT2D eigenvalue weighted by Crippen LogP contribution is 2.45. The average molecular weight is 530 g/mol. The molecule has 2 aliphatic heterocycles. The van der Waals surface area contributed by atoms with Crippen LogP contribution in [0.5, 0.6) is 5.75 Å². The average Bonchev–Trinajstić information content (AvgIpc) is 3.69. The van der Waals surface area contributed by atoms with Crippen molar-refractivity contribution in [3.8, 4) is 5.75 Å². The highest BCUT2D eigenvalue weighted by Gasteiger charge is 2.42. The number of ether oxygens (including phenoxy) is 1. The van der Waals surface area contributed by atoms with E-state index >= 15 is 4.39 Å². The summed E-state index contributed by atoms with van der Waals surface area (Å²) in [7, 11) is 1.49. The van der Waals surface area contributed by atoms with Gasteiger partial charge < -0.3 is 19.1 Å². The molecule has 2 aromatic carbocycles. The summed E-state index contributed by atoms with van der Waals surface area (Å²) in [5.74, 6) is -0.378. The molecule has 0 radical (unpaired) electrons. The van der Waals surface area contributed by atoms with Crippen LogP contribution < -0.4 is 15.1 Å². The topological polar surface area (TPSA) is 71.8 Å². The monoisotopic (exact) mass is 529 g/mol. The largest absolute Gasteiger partial charge is 0.492 e. The number of fused-ring (bicyclic) bond motifs is 2. The minimum Gasteiger partial charge on any atom is -0.492 e. The van der Waals surface area contributed by atoms with Crippen LogP contribution in [0.1, 0.15) is 54.6 Å². The molecule has 3 aromatic rings. The van der Waals surface area contributed by atoms with Gasteiger partial charge in [0.1, 0.15) is 5.69 Å². The summed E-state index contributed by atoms with van der Waals surface area (Å²) >= 11 is 0. The first-order chi connectivity index (χ1) is 18.9. The standard InChI is InChI=1S/C31H32FN3O4/c1-19(36)34-14-6-9-21-16-33(18-26(21)34)29-25(32)15-23-28(31(29)39-2)35(22-11-12-22)17-24(30(23)38)27(37)13-10-20-7-4-3-5-8-20/h3-5,7-8,10,13,15,17,21-22,26H,6,9,11-12,14,16,18H2,1-2H3. The molecule has 1 amide bonds. The molecule has 3 fully saturated rings. The Hall–Kier alpha value is -3.94. The number of halogens is 1. The Morgan fingerprint density at radius 2 is 1.87 bits per heavy atom. The predicted molar refractivity (Wildman–Crippen MR) is 149 cm³/mol. The lowest BCUT2D eigenvalue weighted by atomic mass is 9.92. The molecule has 1 aliphatic carbocycles. The first-order valence-electron chi connectivity index (χ1n) is 13.6. The van der Waals surface area contributed by atoms with Gasteiger partial charge in [0.15, 0.2) is 17.3 Å². The highest BCUT2D eigenvalue weighted by molar-refractivity contribution is 6.08. The number of carbonyl (C=O) groups is 2. The number of allylic oxidation sites excluding steroid dienone is 1. The fraction of sp³-hybridized carbons (Fsp3) is 0.387. The number of methoxy groups -OCH3 is 1. The van der Waals surface area contributed by atoms with Crippen molar-refractivity contribution in [1.29, 1.82) is 0 Å². The van der Waals surface area contributed by atoms with E-state index in [4.69, 9.17) is 4.74 Å². The van der Waals surface area contributed by atoms with E-state index in [2.05, 4.69) is 0 Å². The number of carbonyl (C=O) groups excluding carboxylic acids is 2. The molecular weight excluding hydrogens is 497 g/mol. The van der Waals surface area contributed by atoms with Crippen LogP contribution in [0.4, 0.5) is 10.1 Å². The molecule has 202 valence electrons. The molecular formula is C31H32FN3O4. The van der Waals surface area contributed by atoms with Crippen molar-refractivity contribution in [1.82, 2.24) is 9.47 Å². The van der Waals surface area contributed by atoms with Crippen LogP contribution in [0.15, 0.2) is 53.5 Å². The molecule has 3 aliphatic rings. The van der Waals surface area contributed by atoms with E-state index < -0.39 is 17.0 Å². The number of benzene rings is 2. The molecule has 7 nitrogen and oxygen atoms in total. The second-order valence-corrected chi connectivity index (χ2v) is 10.8. The van der Waals surface area contributed by atoms with Gasteiger partial charge >= 0.3 is 0 Å². The molecule has 0 bridgehead atoms. The molecule has 1 aromatic heterocycles. The number of amides is 1. The van der Waals surface area contributed by atoms with Crippen LogP contribution in [0.2, 0.25) is 0 Å². The number of rotatable bonds is 6. The Kier molecular flexibility index (Phi) is 6.49. The minimum absolute atomic E-state index is 0.0140.